The zero-order valence-electron chi connectivity index (χ0n) is 12.3. The average molecular weight is 283 g/mol. The molecule has 21 heavy (non-hydrogen) atoms. The van der Waals surface area contributed by atoms with Gasteiger partial charge < -0.3 is 11.1 Å². The number of aromatic nitrogens is 1. The summed E-state index contributed by atoms with van der Waals surface area (Å²) >= 11 is 0. The molecule has 1 heterocycles. The highest BCUT2D eigenvalue weighted by molar-refractivity contribution is 5.75. The lowest BCUT2D eigenvalue weighted by molar-refractivity contribution is -0.121. The first-order chi connectivity index (χ1) is 10.2. The van der Waals surface area contributed by atoms with E-state index in [-0.39, 0.29) is 11.9 Å². The van der Waals surface area contributed by atoms with E-state index in [1.807, 2.05) is 43.3 Å². The number of aryl methyl sites for hydroxylation is 1. The van der Waals surface area contributed by atoms with Crippen LogP contribution in [0, 0.1) is 6.92 Å². The summed E-state index contributed by atoms with van der Waals surface area (Å²) in [6.07, 6.45) is 4.61. The molecule has 0 radical (unpaired) electrons. The quantitative estimate of drug-likeness (QED) is 0.856. The summed E-state index contributed by atoms with van der Waals surface area (Å²) in [4.78, 5) is 15.9. The van der Waals surface area contributed by atoms with Crippen LogP contribution < -0.4 is 11.1 Å². The van der Waals surface area contributed by atoms with Gasteiger partial charge in [0.2, 0.25) is 5.91 Å². The molecule has 0 spiro atoms. The van der Waals surface area contributed by atoms with Gasteiger partial charge in [0.1, 0.15) is 0 Å². The number of pyridine rings is 1. The van der Waals surface area contributed by atoms with Crippen molar-refractivity contribution in [1.82, 2.24) is 10.3 Å². The number of amides is 1. The first-order valence-electron chi connectivity index (χ1n) is 7.13. The summed E-state index contributed by atoms with van der Waals surface area (Å²) < 4.78 is 0. The van der Waals surface area contributed by atoms with Gasteiger partial charge >= 0.3 is 0 Å². The van der Waals surface area contributed by atoms with Crippen molar-refractivity contribution in [3.05, 3.63) is 65.5 Å². The fraction of sp³-hybridized carbons (Fsp3) is 0.294. The summed E-state index contributed by atoms with van der Waals surface area (Å²) in [5.74, 6) is 0.0255. The van der Waals surface area contributed by atoms with Crippen molar-refractivity contribution < 1.29 is 4.79 Å². The average Bonchev–Trinajstić information content (AvgIpc) is 2.52. The van der Waals surface area contributed by atoms with Gasteiger partial charge in [0.15, 0.2) is 0 Å². The Morgan fingerprint density at radius 2 is 2.05 bits per heavy atom. The fourth-order valence-corrected chi connectivity index (χ4v) is 2.14. The Hall–Kier alpha value is -2.20. The Balaban J connectivity index is 1.76. The maximum absolute atomic E-state index is 11.9. The van der Waals surface area contributed by atoms with Crippen molar-refractivity contribution in [1.29, 1.82) is 0 Å². The molecule has 4 heteroatoms. The topological polar surface area (TPSA) is 68.0 Å². The maximum Gasteiger partial charge on any atom is 0.220 e. The second-order valence-electron chi connectivity index (χ2n) is 5.13. The van der Waals surface area contributed by atoms with E-state index in [1.165, 1.54) is 0 Å². The molecule has 0 aliphatic heterocycles. The van der Waals surface area contributed by atoms with Gasteiger partial charge in [-0.05, 0) is 36.1 Å². The van der Waals surface area contributed by atoms with Gasteiger partial charge in [0.25, 0.3) is 0 Å². The Kier molecular flexibility index (Phi) is 5.46. The highest BCUT2D eigenvalue weighted by Gasteiger charge is 2.09. The predicted octanol–water partition coefficient (Wildman–Crippen LogP) is 2.49. The number of carbonyl (C=O) groups is 1. The second kappa shape index (κ2) is 7.55. The summed E-state index contributed by atoms with van der Waals surface area (Å²) in [7, 11) is 0. The number of rotatable bonds is 6. The molecule has 1 atom stereocenters. The van der Waals surface area contributed by atoms with Crippen molar-refractivity contribution >= 4 is 5.91 Å². The van der Waals surface area contributed by atoms with Gasteiger partial charge in [0, 0.05) is 31.4 Å². The van der Waals surface area contributed by atoms with Crippen LogP contribution in [0.3, 0.4) is 0 Å². The highest BCUT2D eigenvalue weighted by Crippen LogP contribution is 2.15. The Labute approximate surface area is 125 Å². The molecule has 4 nitrogen and oxygen atoms in total. The van der Waals surface area contributed by atoms with Crippen LogP contribution in [-0.4, -0.2) is 10.9 Å². The number of nitrogens with two attached hydrogens (primary N) is 1. The molecule has 3 N–H and O–H groups in total. The van der Waals surface area contributed by atoms with Crippen LogP contribution in [0.2, 0.25) is 0 Å². The largest absolute Gasteiger partial charge is 0.352 e. The van der Waals surface area contributed by atoms with E-state index in [2.05, 4.69) is 10.3 Å². The van der Waals surface area contributed by atoms with Crippen molar-refractivity contribution in [2.45, 2.75) is 32.4 Å². The van der Waals surface area contributed by atoms with Crippen LogP contribution in [0.15, 0.2) is 48.8 Å². The van der Waals surface area contributed by atoms with Gasteiger partial charge in [-0.15, -0.1) is 0 Å². The van der Waals surface area contributed by atoms with Crippen molar-refractivity contribution in [2.24, 2.45) is 5.73 Å². The van der Waals surface area contributed by atoms with E-state index in [4.69, 9.17) is 5.73 Å². The first kappa shape index (κ1) is 15.2. The van der Waals surface area contributed by atoms with Crippen LogP contribution >= 0.6 is 0 Å². The van der Waals surface area contributed by atoms with Crippen molar-refractivity contribution in [3.63, 3.8) is 0 Å². The lowest BCUT2D eigenvalue weighted by Crippen LogP contribution is -2.24. The lowest BCUT2D eigenvalue weighted by atomic mass is 10.0. The zero-order chi connectivity index (χ0) is 15.1. The summed E-state index contributed by atoms with van der Waals surface area (Å²) in [6.45, 7) is 2.52. The van der Waals surface area contributed by atoms with E-state index in [0.717, 1.165) is 16.7 Å². The number of hydrogen-bond acceptors (Lipinski definition) is 3. The fourth-order valence-electron chi connectivity index (χ4n) is 2.14. The smallest absolute Gasteiger partial charge is 0.220 e. The number of hydrogen-bond donors (Lipinski definition) is 2. The zero-order valence-corrected chi connectivity index (χ0v) is 12.3. The van der Waals surface area contributed by atoms with Crippen LogP contribution in [-0.2, 0) is 11.3 Å². The lowest BCUT2D eigenvalue weighted by Gasteiger charge is -2.12. The van der Waals surface area contributed by atoms with Crippen LogP contribution in [0.1, 0.15) is 35.6 Å². The summed E-state index contributed by atoms with van der Waals surface area (Å²) in [5.41, 5.74) is 9.32. The molecule has 1 unspecified atom stereocenters. The molecule has 0 bridgehead atoms. The number of carbonyl (C=O) groups excluding carboxylic acids is 1. The molecule has 110 valence electrons. The molecule has 2 aromatic rings. The van der Waals surface area contributed by atoms with E-state index in [0.29, 0.717) is 19.4 Å². The van der Waals surface area contributed by atoms with Gasteiger partial charge in [0.05, 0.1) is 0 Å². The number of benzene rings is 1. The Bertz CT molecular complexity index is 584. The van der Waals surface area contributed by atoms with Crippen molar-refractivity contribution in [2.75, 3.05) is 0 Å². The SMILES string of the molecule is Cc1cnccc1CNC(=O)CCC(N)c1ccccc1. The molecule has 0 saturated carbocycles. The minimum Gasteiger partial charge on any atom is -0.352 e. The Morgan fingerprint density at radius 3 is 2.76 bits per heavy atom. The molecule has 1 aromatic carbocycles. The third-order valence-corrected chi connectivity index (χ3v) is 3.52. The Morgan fingerprint density at radius 1 is 1.29 bits per heavy atom. The second-order valence-corrected chi connectivity index (χ2v) is 5.13. The molecule has 0 aliphatic carbocycles. The molecule has 1 amide bonds. The third-order valence-electron chi connectivity index (χ3n) is 3.52. The number of nitrogens with one attached hydrogen (secondary N) is 1. The monoisotopic (exact) mass is 283 g/mol. The van der Waals surface area contributed by atoms with E-state index in [1.54, 1.807) is 12.4 Å². The minimum absolute atomic E-state index is 0.0255. The molecule has 1 aromatic heterocycles. The van der Waals surface area contributed by atoms with E-state index >= 15 is 0 Å². The van der Waals surface area contributed by atoms with Crippen molar-refractivity contribution in [3.8, 4) is 0 Å². The molecule has 0 saturated heterocycles. The summed E-state index contributed by atoms with van der Waals surface area (Å²) in [5, 5.41) is 2.92. The van der Waals surface area contributed by atoms with Gasteiger partial charge in [-0.25, -0.2) is 0 Å². The highest BCUT2D eigenvalue weighted by atomic mass is 16.1. The molecule has 0 fully saturated rings. The van der Waals surface area contributed by atoms with Gasteiger partial charge in [-0.1, -0.05) is 30.3 Å². The normalized spacial score (nSPS) is 11.9. The molecular weight excluding hydrogens is 262 g/mol. The van der Waals surface area contributed by atoms with Gasteiger partial charge in [-0.2, -0.15) is 0 Å². The van der Waals surface area contributed by atoms with Crippen LogP contribution in [0.5, 0.6) is 0 Å². The van der Waals surface area contributed by atoms with Crippen LogP contribution in [0.4, 0.5) is 0 Å². The maximum atomic E-state index is 11.9. The minimum atomic E-state index is -0.0976. The number of nitrogens with zero attached hydrogens (tertiary/aromatic N) is 1. The predicted molar refractivity (Wildman–Crippen MR) is 83.4 cm³/mol. The molecule has 2 rings (SSSR count). The van der Waals surface area contributed by atoms with Crippen LogP contribution in [0.25, 0.3) is 0 Å². The molecule has 0 aliphatic rings. The standard InChI is InChI=1S/C17H21N3O/c1-13-11-19-10-9-15(13)12-20-17(21)8-7-16(18)14-5-3-2-4-6-14/h2-6,9-11,16H,7-8,12,18H2,1H3,(H,20,21). The summed E-state index contributed by atoms with van der Waals surface area (Å²) in [6, 6.07) is 11.7. The van der Waals surface area contributed by atoms with Gasteiger partial charge in [-0.3, -0.25) is 9.78 Å². The first-order valence-corrected chi connectivity index (χ1v) is 7.13. The molecular formula is C17H21N3O. The van der Waals surface area contributed by atoms with E-state index < -0.39 is 0 Å². The van der Waals surface area contributed by atoms with E-state index in [9.17, 15) is 4.79 Å². The third kappa shape index (κ3) is 4.68.